The summed E-state index contributed by atoms with van der Waals surface area (Å²) < 4.78 is 12.7. The fourth-order valence-electron chi connectivity index (χ4n) is 2.47. The van der Waals surface area contributed by atoms with E-state index in [-0.39, 0.29) is 6.29 Å². The Labute approximate surface area is 108 Å². The number of rotatable bonds is 5. The van der Waals surface area contributed by atoms with Gasteiger partial charge in [-0.25, -0.2) is 0 Å². The third-order valence-electron chi connectivity index (χ3n) is 3.53. The summed E-state index contributed by atoms with van der Waals surface area (Å²) >= 11 is 0. The van der Waals surface area contributed by atoms with Crippen molar-refractivity contribution in [2.24, 2.45) is 7.05 Å². The summed E-state index contributed by atoms with van der Waals surface area (Å²) in [5.74, 6) is 0.404. The molecule has 2 rings (SSSR count). The van der Waals surface area contributed by atoms with Gasteiger partial charge in [0.15, 0.2) is 6.29 Å². The van der Waals surface area contributed by atoms with Crippen LogP contribution in [0.25, 0.3) is 10.9 Å². The molecule has 18 heavy (non-hydrogen) atoms. The lowest BCUT2D eigenvalue weighted by atomic mass is 9.97. The van der Waals surface area contributed by atoms with Crippen LogP contribution in [-0.4, -0.2) is 25.1 Å². The van der Waals surface area contributed by atoms with E-state index in [2.05, 4.69) is 49.0 Å². The molecule has 98 valence electrons. The maximum absolute atomic E-state index is 5.28. The second-order valence-electron chi connectivity index (χ2n) is 4.75. The fraction of sp³-hybridized carbons (Fsp3) is 0.467. The van der Waals surface area contributed by atoms with Crippen LogP contribution in [0.5, 0.6) is 0 Å². The van der Waals surface area contributed by atoms with Gasteiger partial charge in [-0.15, -0.1) is 0 Å². The van der Waals surface area contributed by atoms with Crippen molar-refractivity contribution in [3.63, 3.8) is 0 Å². The molecular formula is C15H21NO2. The first kappa shape index (κ1) is 13.1. The molecule has 1 aromatic heterocycles. The largest absolute Gasteiger partial charge is 0.356 e. The van der Waals surface area contributed by atoms with E-state index in [1.54, 1.807) is 14.2 Å². The van der Waals surface area contributed by atoms with Gasteiger partial charge < -0.3 is 14.0 Å². The van der Waals surface area contributed by atoms with E-state index in [1.807, 2.05) is 0 Å². The van der Waals surface area contributed by atoms with E-state index < -0.39 is 0 Å². The van der Waals surface area contributed by atoms with Crippen LogP contribution in [0.4, 0.5) is 0 Å². The summed E-state index contributed by atoms with van der Waals surface area (Å²) in [5, 5.41) is 1.32. The molecule has 0 aliphatic carbocycles. The van der Waals surface area contributed by atoms with E-state index >= 15 is 0 Å². The third kappa shape index (κ3) is 2.42. The number of benzene rings is 1. The first-order valence-corrected chi connectivity index (χ1v) is 6.27. The second kappa shape index (κ2) is 5.55. The second-order valence-corrected chi connectivity index (χ2v) is 4.75. The molecule has 0 spiro atoms. The molecule has 1 heterocycles. The van der Waals surface area contributed by atoms with E-state index in [9.17, 15) is 0 Å². The Kier molecular flexibility index (Phi) is 4.04. The van der Waals surface area contributed by atoms with Gasteiger partial charge in [0, 0.05) is 44.8 Å². The maximum Gasteiger partial charge on any atom is 0.157 e. The average molecular weight is 247 g/mol. The minimum absolute atomic E-state index is 0.140. The molecule has 3 nitrogen and oxygen atoms in total. The van der Waals surface area contributed by atoms with Crippen LogP contribution in [0.3, 0.4) is 0 Å². The molecule has 0 amide bonds. The van der Waals surface area contributed by atoms with Gasteiger partial charge in [0.1, 0.15) is 0 Å². The highest BCUT2D eigenvalue weighted by molar-refractivity contribution is 5.84. The topological polar surface area (TPSA) is 23.4 Å². The number of hydrogen-bond donors (Lipinski definition) is 0. The number of aryl methyl sites for hydroxylation is 1. The number of aromatic nitrogens is 1. The Balaban J connectivity index is 2.30. The minimum atomic E-state index is -0.140. The summed E-state index contributed by atoms with van der Waals surface area (Å²) in [6, 6.07) is 8.48. The quantitative estimate of drug-likeness (QED) is 0.757. The van der Waals surface area contributed by atoms with Gasteiger partial charge in [-0.3, -0.25) is 0 Å². The zero-order valence-corrected chi connectivity index (χ0v) is 11.5. The monoisotopic (exact) mass is 247 g/mol. The molecule has 1 atom stereocenters. The van der Waals surface area contributed by atoms with Crippen molar-refractivity contribution < 1.29 is 9.47 Å². The van der Waals surface area contributed by atoms with Crippen molar-refractivity contribution in [3.8, 4) is 0 Å². The van der Waals surface area contributed by atoms with E-state index in [4.69, 9.17) is 9.47 Å². The fourth-order valence-corrected chi connectivity index (χ4v) is 2.47. The number of methoxy groups -OCH3 is 2. The summed E-state index contributed by atoms with van der Waals surface area (Å²) in [7, 11) is 5.46. The van der Waals surface area contributed by atoms with Crippen LogP contribution in [0.15, 0.2) is 30.5 Å². The summed E-state index contributed by atoms with van der Waals surface area (Å²) in [4.78, 5) is 0. The van der Waals surface area contributed by atoms with Crippen LogP contribution in [-0.2, 0) is 16.5 Å². The smallest absolute Gasteiger partial charge is 0.157 e. The normalized spacial score (nSPS) is 13.4. The Hall–Kier alpha value is -1.32. The molecule has 0 radical (unpaired) electrons. The predicted octanol–water partition coefficient (Wildman–Crippen LogP) is 3.29. The molecule has 0 saturated heterocycles. The van der Waals surface area contributed by atoms with Crippen molar-refractivity contribution in [1.29, 1.82) is 0 Å². The number of fused-ring (bicyclic) bond motifs is 1. The van der Waals surface area contributed by atoms with E-state index in [0.29, 0.717) is 5.92 Å². The Morgan fingerprint density at radius 1 is 1.17 bits per heavy atom. The van der Waals surface area contributed by atoms with Crippen molar-refractivity contribution >= 4 is 10.9 Å². The highest BCUT2D eigenvalue weighted by Crippen LogP contribution is 2.30. The summed E-state index contributed by atoms with van der Waals surface area (Å²) in [5.41, 5.74) is 2.62. The molecule has 3 heteroatoms. The van der Waals surface area contributed by atoms with Crippen LogP contribution in [0.1, 0.15) is 24.8 Å². The maximum atomic E-state index is 5.28. The van der Waals surface area contributed by atoms with Crippen molar-refractivity contribution in [1.82, 2.24) is 4.57 Å². The van der Waals surface area contributed by atoms with Gasteiger partial charge in [-0.2, -0.15) is 0 Å². The van der Waals surface area contributed by atoms with Crippen LogP contribution in [0, 0.1) is 0 Å². The predicted molar refractivity (Wildman–Crippen MR) is 73.8 cm³/mol. The molecule has 0 saturated carbocycles. The minimum Gasteiger partial charge on any atom is -0.356 e. The zero-order valence-electron chi connectivity index (χ0n) is 11.5. The van der Waals surface area contributed by atoms with Crippen LogP contribution >= 0.6 is 0 Å². The lowest BCUT2D eigenvalue weighted by Crippen LogP contribution is -2.15. The molecule has 0 fully saturated rings. The molecule has 1 unspecified atom stereocenters. The molecular weight excluding hydrogens is 226 g/mol. The van der Waals surface area contributed by atoms with Gasteiger partial charge in [-0.1, -0.05) is 25.1 Å². The lowest BCUT2D eigenvalue weighted by molar-refractivity contribution is -0.108. The van der Waals surface area contributed by atoms with Crippen LogP contribution in [0.2, 0.25) is 0 Å². The SMILES string of the molecule is COC(CC(C)c1cn(C)c2ccccc12)OC. The van der Waals surface area contributed by atoms with Crippen molar-refractivity contribution in [2.45, 2.75) is 25.6 Å². The average Bonchev–Trinajstić information content (AvgIpc) is 2.74. The first-order chi connectivity index (χ1) is 8.67. The zero-order chi connectivity index (χ0) is 13.1. The van der Waals surface area contributed by atoms with E-state index in [0.717, 1.165) is 6.42 Å². The third-order valence-corrected chi connectivity index (χ3v) is 3.53. The molecule has 0 N–H and O–H groups in total. The molecule has 0 aliphatic heterocycles. The number of hydrogen-bond acceptors (Lipinski definition) is 2. The molecule has 0 bridgehead atoms. The number of ether oxygens (including phenoxy) is 2. The van der Waals surface area contributed by atoms with E-state index in [1.165, 1.54) is 16.5 Å². The summed E-state index contributed by atoms with van der Waals surface area (Å²) in [6.45, 7) is 2.22. The van der Waals surface area contributed by atoms with Gasteiger partial charge in [0.25, 0.3) is 0 Å². The standard InChI is InChI=1S/C15H21NO2/c1-11(9-15(17-3)18-4)13-10-16(2)14-8-6-5-7-12(13)14/h5-8,10-11,15H,9H2,1-4H3. The molecule has 2 aromatic rings. The van der Waals surface area contributed by atoms with Gasteiger partial charge in [0.05, 0.1) is 0 Å². The van der Waals surface area contributed by atoms with Gasteiger partial charge in [0.2, 0.25) is 0 Å². The molecule has 0 aliphatic rings. The summed E-state index contributed by atoms with van der Waals surface area (Å²) in [6.07, 6.45) is 2.93. The Morgan fingerprint density at radius 2 is 1.83 bits per heavy atom. The van der Waals surface area contributed by atoms with Crippen LogP contribution < -0.4 is 0 Å². The lowest BCUT2D eigenvalue weighted by Gasteiger charge is -2.18. The Bertz CT molecular complexity index is 514. The highest BCUT2D eigenvalue weighted by atomic mass is 16.7. The van der Waals surface area contributed by atoms with Crippen molar-refractivity contribution in [2.75, 3.05) is 14.2 Å². The highest BCUT2D eigenvalue weighted by Gasteiger charge is 2.17. The first-order valence-electron chi connectivity index (χ1n) is 6.27. The van der Waals surface area contributed by atoms with Gasteiger partial charge in [-0.05, 0) is 17.5 Å². The van der Waals surface area contributed by atoms with Gasteiger partial charge >= 0.3 is 0 Å². The Morgan fingerprint density at radius 3 is 2.50 bits per heavy atom. The molecule has 1 aromatic carbocycles. The number of nitrogens with zero attached hydrogens (tertiary/aromatic N) is 1. The number of para-hydroxylation sites is 1. The van der Waals surface area contributed by atoms with Crippen molar-refractivity contribution in [3.05, 3.63) is 36.0 Å².